The van der Waals surface area contributed by atoms with E-state index in [4.69, 9.17) is 4.74 Å². The van der Waals surface area contributed by atoms with Gasteiger partial charge in [0.2, 0.25) is 0 Å². The van der Waals surface area contributed by atoms with Crippen molar-refractivity contribution < 1.29 is 4.74 Å². The molecule has 0 amide bonds. The standard InChI is InChI=1S/C14H20IN5O/c1-5-6-16-14-12(15)11(8-21-4)18-13(19-14)10-7-17-20(3)9(10)2/h7H,5-6,8H2,1-4H3,(H,16,18,19). The third kappa shape index (κ3) is 3.52. The van der Waals surface area contributed by atoms with Crippen molar-refractivity contribution in [1.29, 1.82) is 0 Å². The first-order valence-electron chi connectivity index (χ1n) is 6.86. The van der Waals surface area contributed by atoms with Crippen LogP contribution in [0.2, 0.25) is 0 Å². The molecule has 0 aliphatic heterocycles. The van der Waals surface area contributed by atoms with E-state index in [2.05, 4.69) is 49.9 Å². The molecule has 0 spiro atoms. The van der Waals surface area contributed by atoms with Gasteiger partial charge in [-0.15, -0.1) is 0 Å². The highest BCUT2D eigenvalue weighted by Crippen LogP contribution is 2.26. The molecule has 0 aliphatic carbocycles. The summed E-state index contributed by atoms with van der Waals surface area (Å²) in [6.07, 6.45) is 2.85. The van der Waals surface area contributed by atoms with Crippen molar-refractivity contribution in [2.45, 2.75) is 26.9 Å². The molecule has 2 aromatic rings. The van der Waals surface area contributed by atoms with Gasteiger partial charge in [0, 0.05) is 26.4 Å². The van der Waals surface area contributed by atoms with Crippen molar-refractivity contribution in [3.8, 4) is 11.4 Å². The number of anilines is 1. The van der Waals surface area contributed by atoms with E-state index in [9.17, 15) is 0 Å². The van der Waals surface area contributed by atoms with Crippen LogP contribution >= 0.6 is 22.6 Å². The molecule has 114 valence electrons. The maximum absolute atomic E-state index is 5.25. The number of ether oxygens (including phenoxy) is 1. The minimum Gasteiger partial charge on any atom is -0.378 e. The van der Waals surface area contributed by atoms with E-state index in [0.717, 1.165) is 39.3 Å². The van der Waals surface area contributed by atoms with Crippen LogP contribution in [0.5, 0.6) is 0 Å². The molecule has 0 saturated carbocycles. The van der Waals surface area contributed by atoms with Crippen molar-refractivity contribution >= 4 is 28.4 Å². The van der Waals surface area contributed by atoms with Crippen LogP contribution in [0.4, 0.5) is 5.82 Å². The Balaban J connectivity index is 2.50. The van der Waals surface area contributed by atoms with Crippen LogP contribution in [0.1, 0.15) is 24.7 Å². The number of hydrogen-bond donors (Lipinski definition) is 1. The van der Waals surface area contributed by atoms with E-state index in [0.29, 0.717) is 12.4 Å². The normalized spacial score (nSPS) is 10.9. The molecule has 0 aliphatic rings. The van der Waals surface area contributed by atoms with Gasteiger partial charge in [-0.05, 0) is 35.9 Å². The lowest BCUT2D eigenvalue weighted by molar-refractivity contribution is 0.181. The van der Waals surface area contributed by atoms with Gasteiger partial charge in [-0.2, -0.15) is 5.10 Å². The van der Waals surface area contributed by atoms with E-state index in [-0.39, 0.29) is 0 Å². The lowest BCUT2D eigenvalue weighted by Gasteiger charge is -2.12. The summed E-state index contributed by atoms with van der Waals surface area (Å²) in [6, 6.07) is 0. The van der Waals surface area contributed by atoms with Crippen molar-refractivity contribution in [2.75, 3.05) is 19.0 Å². The van der Waals surface area contributed by atoms with Crippen molar-refractivity contribution in [3.63, 3.8) is 0 Å². The molecule has 0 saturated heterocycles. The van der Waals surface area contributed by atoms with Gasteiger partial charge in [0.15, 0.2) is 5.82 Å². The predicted molar refractivity (Wildman–Crippen MR) is 91.2 cm³/mol. The number of aromatic nitrogens is 4. The fraction of sp³-hybridized carbons (Fsp3) is 0.500. The molecule has 0 radical (unpaired) electrons. The zero-order valence-electron chi connectivity index (χ0n) is 12.8. The quantitative estimate of drug-likeness (QED) is 0.755. The van der Waals surface area contributed by atoms with Gasteiger partial charge in [-0.3, -0.25) is 4.68 Å². The fourth-order valence-corrected chi connectivity index (χ4v) is 2.51. The second-order valence-electron chi connectivity index (χ2n) is 4.78. The van der Waals surface area contributed by atoms with Gasteiger partial charge in [0.1, 0.15) is 5.82 Å². The molecule has 0 fully saturated rings. The summed E-state index contributed by atoms with van der Waals surface area (Å²) in [6.45, 7) is 5.49. The molecule has 0 atom stereocenters. The van der Waals surface area contributed by atoms with Gasteiger partial charge in [0.05, 0.1) is 27.6 Å². The van der Waals surface area contributed by atoms with E-state index in [1.807, 2.05) is 18.7 Å². The molecule has 7 heteroatoms. The maximum atomic E-state index is 5.25. The van der Waals surface area contributed by atoms with Crippen molar-refractivity contribution in [3.05, 3.63) is 21.2 Å². The first-order valence-corrected chi connectivity index (χ1v) is 7.94. The number of nitrogens with one attached hydrogen (secondary N) is 1. The minimum atomic E-state index is 0.466. The largest absolute Gasteiger partial charge is 0.378 e. The molecule has 0 unspecified atom stereocenters. The summed E-state index contributed by atoms with van der Waals surface area (Å²) in [7, 11) is 3.59. The summed E-state index contributed by atoms with van der Waals surface area (Å²) in [4.78, 5) is 9.30. The highest BCUT2D eigenvalue weighted by Gasteiger charge is 2.16. The number of nitrogens with zero attached hydrogens (tertiary/aromatic N) is 4. The Bertz CT molecular complexity index is 626. The number of aryl methyl sites for hydroxylation is 1. The van der Waals surface area contributed by atoms with E-state index < -0.39 is 0 Å². The Labute approximate surface area is 138 Å². The molecule has 0 aromatic carbocycles. The van der Waals surface area contributed by atoms with Gasteiger partial charge in [-0.1, -0.05) is 6.92 Å². The number of rotatable bonds is 6. The third-order valence-electron chi connectivity index (χ3n) is 3.22. The molecule has 21 heavy (non-hydrogen) atoms. The van der Waals surface area contributed by atoms with Crippen LogP contribution in [-0.2, 0) is 18.4 Å². The Hall–Kier alpha value is -1.22. The topological polar surface area (TPSA) is 64.9 Å². The minimum absolute atomic E-state index is 0.466. The summed E-state index contributed by atoms with van der Waals surface area (Å²) in [5.74, 6) is 1.55. The van der Waals surface area contributed by atoms with Crippen LogP contribution < -0.4 is 5.32 Å². The second-order valence-corrected chi connectivity index (χ2v) is 5.86. The van der Waals surface area contributed by atoms with Crippen molar-refractivity contribution in [2.24, 2.45) is 7.05 Å². The Morgan fingerprint density at radius 1 is 1.38 bits per heavy atom. The Morgan fingerprint density at radius 2 is 2.14 bits per heavy atom. The average Bonchev–Trinajstić information content (AvgIpc) is 2.80. The highest BCUT2D eigenvalue weighted by molar-refractivity contribution is 14.1. The molecular formula is C14H20IN5O. The lowest BCUT2D eigenvalue weighted by atomic mass is 10.2. The summed E-state index contributed by atoms with van der Waals surface area (Å²) in [5, 5.41) is 7.62. The number of halogens is 1. The molecule has 1 N–H and O–H groups in total. The van der Waals surface area contributed by atoms with Crippen LogP contribution in [0.15, 0.2) is 6.20 Å². The summed E-state index contributed by atoms with van der Waals surface area (Å²) < 4.78 is 8.08. The first-order chi connectivity index (χ1) is 10.1. The average molecular weight is 401 g/mol. The lowest BCUT2D eigenvalue weighted by Crippen LogP contribution is -2.10. The molecule has 2 heterocycles. The van der Waals surface area contributed by atoms with Crippen LogP contribution in [0.3, 0.4) is 0 Å². The van der Waals surface area contributed by atoms with Gasteiger partial charge in [0.25, 0.3) is 0 Å². The maximum Gasteiger partial charge on any atom is 0.165 e. The smallest absolute Gasteiger partial charge is 0.165 e. The van der Waals surface area contributed by atoms with Crippen LogP contribution in [0, 0.1) is 10.5 Å². The molecule has 6 nitrogen and oxygen atoms in total. The predicted octanol–water partition coefficient (Wildman–Crippen LogP) is 2.76. The molecule has 0 bridgehead atoms. The Morgan fingerprint density at radius 3 is 2.71 bits per heavy atom. The van der Waals surface area contributed by atoms with E-state index in [1.165, 1.54) is 0 Å². The molecule has 2 rings (SSSR count). The van der Waals surface area contributed by atoms with Crippen LogP contribution in [-0.4, -0.2) is 33.4 Å². The SMILES string of the molecule is CCCNc1nc(-c2cnn(C)c2C)nc(COC)c1I. The van der Waals surface area contributed by atoms with Gasteiger partial charge < -0.3 is 10.1 Å². The number of methoxy groups -OCH3 is 1. The molecular weight excluding hydrogens is 381 g/mol. The highest BCUT2D eigenvalue weighted by atomic mass is 127. The summed E-state index contributed by atoms with van der Waals surface area (Å²) >= 11 is 2.27. The summed E-state index contributed by atoms with van der Waals surface area (Å²) in [5.41, 5.74) is 2.89. The molecule has 2 aromatic heterocycles. The first kappa shape index (κ1) is 16.2. The van der Waals surface area contributed by atoms with Gasteiger partial charge >= 0.3 is 0 Å². The monoisotopic (exact) mass is 401 g/mol. The second kappa shape index (κ2) is 7.17. The zero-order valence-corrected chi connectivity index (χ0v) is 14.9. The third-order valence-corrected chi connectivity index (χ3v) is 4.35. The fourth-order valence-electron chi connectivity index (χ4n) is 1.93. The van der Waals surface area contributed by atoms with Gasteiger partial charge in [-0.25, -0.2) is 9.97 Å². The van der Waals surface area contributed by atoms with E-state index >= 15 is 0 Å². The number of hydrogen-bond acceptors (Lipinski definition) is 5. The van der Waals surface area contributed by atoms with E-state index in [1.54, 1.807) is 13.3 Å². The Kier molecular flexibility index (Phi) is 5.51. The van der Waals surface area contributed by atoms with Crippen molar-refractivity contribution in [1.82, 2.24) is 19.7 Å². The zero-order chi connectivity index (χ0) is 15.4. The van der Waals surface area contributed by atoms with Crippen LogP contribution in [0.25, 0.3) is 11.4 Å².